The van der Waals surface area contributed by atoms with Crippen LogP contribution in [-0.2, 0) is 14.3 Å². The van der Waals surface area contributed by atoms with E-state index in [0.717, 1.165) is 30.6 Å². The third-order valence-electron chi connectivity index (χ3n) is 4.00. The molecule has 0 saturated heterocycles. The summed E-state index contributed by atoms with van der Waals surface area (Å²) in [5.74, 6) is -0.564. The Morgan fingerprint density at radius 1 is 1.12 bits per heavy atom. The van der Waals surface area contributed by atoms with Crippen molar-refractivity contribution < 1.29 is 24.0 Å². The lowest BCUT2D eigenvalue weighted by Crippen LogP contribution is -3.11. The molecule has 142 valence electrons. The maximum absolute atomic E-state index is 12.1. The van der Waals surface area contributed by atoms with Gasteiger partial charge in [-0.2, -0.15) is 0 Å². The molecule has 0 aromatic heterocycles. The van der Waals surface area contributed by atoms with Crippen LogP contribution >= 0.6 is 0 Å². The first kappa shape index (κ1) is 19.9. The highest BCUT2D eigenvalue weighted by Crippen LogP contribution is 2.18. The van der Waals surface area contributed by atoms with Gasteiger partial charge in [0.1, 0.15) is 0 Å². The van der Waals surface area contributed by atoms with Crippen molar-refractivity contribution in [3.8, 4) is 0 Å². The third-order valence-corrected chi connectivity index (χ3v) is 4.00. The molecule has 3 N–H and O–H groups in total. The minimum absolute atomic E-state index is 0.0243. The number of hydrogen-bond acceptors (Lipinski definition) is 4. The Bertz CT molecular complexity index is 626. The number of esters is 1. The van der Waals surface area contributed by atoms with Crippen LogP contribution in [0.1, 0.15) is 43.0 Å². The number of hydrogen-bond donors (Lipinski definition) is 3. The summed E-state index contributed by atoms with van der Waals surface area (Å²) in [5, 5.41) is 5.68. The van der Waals surface area contributed by atoms with Gasteiger partial charge in [-0.25, -0.2) is 4.79 Å². The molecule has 26 heavy (non-hydrogen) atoms. The van der Waals surface area contributed by atoms with Crippen LogP contribution in [0, 0.1) is 0 Å². The summed E-state index contributed by atoms with van der Waals surface area (Å²) < 4.78 is 5.14. The lowest BCUT2D eigenvalue weighted by Gasteiger charge is -2.13. The number of nitrogens with one attached hydrogen (secondary N) is 3. The van der Waals surface area contributed by atoms with Gasteiger partial charge in [0, 0.05) is 11.7 Å². The second-order valence-electron chi connectivity index (χ2n) is 6.77. The van der Waals surface area contributed by atoms with E-state index in [0.29, 0.717) is 23.9 Å². The second-order valence-corrected chi connectivity index (χ2v) is 6.77. The first-order valence-electron chi connectivity index (χ1n) is 9.15. The van der Waals surface area contributed by atoms with Crippen molar-refractivity contribution in [3.05, 3.63) is 29.8 Å². The van der Waals surface area contributed by atoms with Gasteiger partial charge in [0.25, 0.3) is 11.8 Å². The molecule has 1 aromatic rings. The number of carbonyl (C=O) groups excluding carboxylic acids is 3. The van der Waals surface area contributed by atoms with Crippen molar-refractivity contribution in [3.63, 3.8) is 0 Å². The maximum atomic E-state index is 12.1. The van der Waals surface area contributed by atoms with Gasteiger partial charge in [0.05, 0.1) is 19.2 Å². The predicted octanol–water partition coefficient (Wildman–Crippen LogP) is 0.375. The van der Waals surface area contributed by atoms with E-state index >= 15 is 0 Å². The van der Waals surface area contributed by atoms with Crippen molar-refractivity contribution in [2.45, 2.75) is 38.6 Å². The Labute approximate surface area is 154 Å². The molecule has 0 bridgehead atoms. The zero-order chi connectivity index (χ0) is 18.9. The van der Waals surface area contributed by atoms with Gasteiger partial charge in [-0.05, 0) is 43.5 Å². The fourth-order valence-electron chi connectivity index (χ4n) is 2.40. The highest BCUT2D eigenvalue weighted by atomic mass is 16.5. The van der Waals surface area contributed by atoms with Crippen molar-refractivity contribution in [2.75, 3.05) is 32.1 Å². The monoisotopic (exact) mass is 362 g/mol. The summed E-state index contributed by atoms with van der Waals surface area (Å²) >= 11 is 0. The third kappa shape index (κ3) is 7.23. The Balaban J connectivity index is 1.73. The highest BCUT2D eigenvalue weighted by molar-refractivity contribution is 5.93. The van der Waals surface area contributed by atoms with E-state index in [-0.39, 0.29) is 30.9 Å². The molecule has 0 radical (unpaired) electrons. The average Bonchev–Trinajstić information content (AvgIpc) is 3.39. The van der Waals surface area contributed by atoms with E-state index in [1.807, 2.05) is 14.0 Å². The number of unbranched alkanes of at least 4 members (excludes halogenated alkanes) is 1. The molecule has 1 aliphatic carbocycles. The SMILES string of the molecule is CCCCOC(=O)c1ccc(NC(=O)C[NH+](C)CC(=O)NC2CC2)cc1. The average molecular weight is 362 g/mol. The number of likely N-dealkylation sites (N-methyl/N-ethyl adjacent to an activating group) is 1. The van der Waals surface area contributed by atoms with Crippen LogP contribution in [0.15, 0.2) is 24.3 Å². The van der Waals surface area contributed by atoms with E-state index in [9.17, 15) is 14.4 Å². The maximum Gasteiger partial charge on any atom is 0.338 e. The van der Waals surface area contributed by atoms with E-state index in [1.54, 1.807) is 24.3 Å². The van der Waals surface area contributed by atoms with Gasteiger partial charge >= 0.3 is 5.97 Å². The first-order valence-corrected chi connectivity index (χ1v) is 9.15. The Morgan fingerprint density at radius 2 is 1.77 bits per heavy atom. The zero-order valence-corrected chi connectivity index (χ0v) is 15.5. The van der Waals surface area contributed by atoms with Crippen molar-refractivity contribution in [1.82, 2.24) is 5.32 Å². The van der Waals surface area contributed by atoms with Crippen molar-refractivity contribution >= 4 is 23.5 Å². The van der Waals surface area contributed by atoms with E-state index in [1.165, 1.54) is 0 Å². The van der Waals surface area contributed by atoms with Crippen LogP contribution in [0.25, 0.3) is 0 Å². The number of carbonyl (C=O) groups is 3. The van der Waals surface area contributed by atoms with Crippen LogP contribution in [0.5, 0.6) is 0 Å². The normalized spacial score (nSPS) is 14.4. The van der Waals surface area contributed by atoms with Crippen molar-refractivity contribution in [1.29, 1.82) is 0 Å². The van der Waals surface area contributed by atoms with Crippen molar-refractivity contribution in [2.24, 2.45) is 0 Å². The molecule has 7 nitrogen and oxygen atoms in total. The summed E-state index contributed by atoms with van der Waals surface area (Å²) in [4.78, 5) is 36.5. The fourth-order valence-corrected chi connectivity index (χ4v) is 2.40. The molecule has 1 fully saturated rings. The van der Waals surface area contributed by atoms with Gasteiger partial charge in [-0.15, -0.1) is 0 Å². The molecule has 1 saturated carbocycles. The Hall–Kier alpha value is -2.41. The molecule has 2 amide bonds. The molecule has 7 heteroatoms. The highest BCUT2D eigenvalue weighted by Gasteiger charge is 2.24. The van der Waals surface area contributed by atoms with Gasteiger partial charge < -0.3 is 20.3 Å². The molecule has 1 unspecified atom stereocenters. The van der Waals surface area contributed by atoms with Gasteiger partial charge in [0.2, 0.25) is 0 Å². The molecule has 1 atom stereocenters. The lowest BCUT2D eigenvalue weighted by atomic mass is 10.2. The van der Waals surface area contributed by atoms with Crippen LogP contribution in [0.3, 0.4) is 0 Å². The topological polar surface area (TPSA) is 88.9 Å². The molecule has 1 aliphatic rings. The number of amides is 2. The molecule has 0 heterocycles. The molecular weight excluding hydrogens is 334 g/mol. The van der Waals surface area contributed by atoms with E-state index < -0.39 is 0 Å². The first-order chi connectivity index (χ1) is 12.5. The quantitative estimate of drug-likeness (QED) is 0.415. The number of quaternary nitrogens is 1. The number of anilines is 1. The van der Waals surface area contributed by atoms with E-state index in [2.05, 4.69) is 10.6 Å². The lowest BCUT2D eigenvalue weighted by molar-refractivity contribution is -0.862. The summed E-state index contributed by atoms with van der Waals surface area (Å²) in [7, 11) is 1.81. The van der Waals surface area contributed by atoms with Gasteiger partial charge in [-0.3, -0.25) is 9.59 Å². The Morgan fingerprint density at radius 3 is 2.38 bits per heavy atom. The second kappa shape index (κ2) is 9.91. The van der Waals surface area contributed by atoms with Crippen LogP contribution in [-0.4, -0.2) is 50.6 Å². The Kier molecular flexibility index (Phi) is 7.59. The molecule has 0 spiro atoms. The van der Waals surface area contributed by atoms with Crippen LogP contribution in [0.2, 0.25) is 0 Å². The smallest absolute Gasteiger partial charge is 0.338 e. The number of ether oxygens (including phenoxy) is 1. The summed E-state index contributed by atoms with van der Waals surface area (Å²) in [6.07, 6.45) is 3.91. The minimum atomic E-state index is -0.359. The molecular formula is C19H28N3O4+. The number of rotatable bonds is 10. The molecule has 2 rings (SSSR count). The van der Waals surface area contributed by atoms with Crippen LogP contribution in [0.4, 0.5) is 5.69 Å². The van der Waals surface area contributed by atoms with E-state index in [4.69, 9.17) is 4.74 Å². The van der Waals surface area contributed by atoms with Gasteiger partial charge in [0.15, 0.2) is 13.1 Å². The summed E-state index contributed by atoms with van der Waals surface area (Å²) in [5.41, 5.74) is 1.06. The fraction of sp³-hybridized carbons (Fsp3) is 0.526. The predicted molar refractivity (Wildman–Crippen MR) is 98.0 cm³/mol. The minimum Gasteiger partial charge on any atom is -0.462 e. The number of benzene rings is 1. The molecule has 0 aliphatic heterocycles. The summed E-state index contributed by atoms with van der Waals surface area (Å²) in [6.45, 7) is 2.91. The summed E-state index contributed by atoms with van der Waals surface area (Å²) in [6, 6.07) is 6.93. The van der Waals surface area contributed by atoms with Crippen LogP contribution < -0.4 is 15.5 Å². The zero-order valence-electron chi connectivity index (χ0n) is 15.5. The largest absolute Gasteiger partial charge is 0.462 e. The standard InChI is InChI=1S/C19H27N3O4/c1-3-4-11-26-19(25)14-5-7-15(8-6-14)20-17(23)12-22(2)13-18(24)21-16-9-10-16/h5-8,16H,3-4,9-13H2,1-2H3,(H,20,23)(H,21,24)/p+1. The van der Waals surface area contributed by atoms with Gasteiger partial charge in [-0.1, -0.05) is 13.3 Å². The molecule has 1 aromatic carbocycles.